The van der Waals surface area contributed by atoms with Crippen LogP contribution in [0.15, 0.2) is 0 Å². The molecular formula is C14H27N3O4. The van der Waals surface area contributed by atoms with Crippen LogP contribution in [0.3, 0.4) is 0 Å². The van der Waals surface area contributed by atoms with Gasteiger partial charge in [-0.25, -0.2) is 9.59 Å². The van der Waals surface area contributed by atoms with Crippen LogP contribution in [0, 0.1) is 0 Å². The van der Waals surface area contributed by atoms with Crippen molar-refractivity contribution < 1.29 is 19.4 Å². The van der Waals surface area contributed by atoms with Crippen LogP contribution in [-0.2, 0) is 9.53 Å². The molecule has 0 radical (unpaired) electrons. The highest BCUT2D eigenvalue weighted by Crippen LogP contribution is 2.24. The smallest absolute Gasteiger partial charge is 0.329 e. The maximum atomic E-state index is 11.9. The summed E-state index contributed by atoms with van der Waals surface area (Å²) in [4.78, 5) is 26.3. The first-order valence-corrected chi connectivity index (χ1v) is 7.51. The van der Waals surface area contributed by atoms with Gasteiger partial charge in [-0.3, -0.25) is 0 Å². The van der Waals surface area contributed by atoms with Gasteiger partial charge in [-0.2, -0.15) is 0 Å². The number of amides is 2. The van der Waals surface area contributed by atoms with Crippen molar-refractivity contribution in [2.75, 3.05) is 45.9 Å². The van der Waals surface area contributed by atoms with Crippen LogP contribution in [0.5, 0.6) is 0 Å². The lowest BCUT2D eigenvalue weighted by molar-refractivity contribution is -0.159. The fourth-order valence-corrected chi connectivity index (χ4v) is 2.41. The van der Waals surface area contributed by atoms with Crippen LogP contribution in [-0.4, -0.2) is 78.4 Å². The van der Waals surface area contributed by atoms with E-state index in [1.54, 1.807) is 4.90 Å². The molecule has 0 aromatic heterocycles. The topological polar surface area (TPSA) is 82.1 Å². The maximum absolute atomic E-state index is 11.9. The lowest BCUT2D eigenvalue weighted by Crippen LogP contribution is -2.65. The molecule has 0 unspecified atom stereocenters. The summed E-state index contributed by atoms with van der Waals surface area (Å²) in [5, 5.41) is 11.5. The molecule has 0 saturated carbocycles. The van der Waals surface area contributed by atoms with Gasteiger partial charge in [0, 0.05) is 13.1 Å². The largest absolute Gasteiger partial charge is 0.480 e. The van der Waals surface area contributed by atoms with Gasteiger partial charge in [-0.15, -0.1) is 0 Å². The second-order valence-electron chi connectivity index (χ2n) is 5.65. The van der Waals surface area contributed by atoms with Gasteiger partial charge in [0.15, 0.2) is 0 Å². The van der Waals surface area contributed by atoms with E-state index >= 15 is 0 Å². The Hall–Kier alpha value is -1.34. The molecule has 2 N–H and O–H groups in total. The highest BCUT2D eigenvalue weighted by molar-refractivity contribution is 5.75. The molecule has 0 aromatic carbocycles. The second-order valence-corrected chi connectivity index (χ2v) is 5.65. The number of nitrogens with one attached hydrogen (secondary N) is 1. The molecular weight excluding hydrogens is 274 g/mol. The van der Waals surface area contributed by atoms with E-state index in [0.717, 1.165) is 26.1 Å². The molecule has 0 spiro atoms. The van der Waals surface area contributed by atoms with Gasteiger partial charge >= 0.3 is 12.0 Å². The molecule has 0 bridgehead atoms. The predicted octanol–water partition coefficient (Wildman–Crippen LogP) is 0.603. The molecule has 0 aliphatic carbocycles. The lowest BCUT2D eigenvalue weighted by atomic mass is 9.97. The second kappa shape index (κ2) is 8.19. The van der Waals surface area contributed by atoms with Crippen molar-refractivity contribution in [1.29, 1.82) is 0 Å². The predicted molar refractivity (Wildman–Crippen MR) is 79.4 cm³/mol. The van der Waals surface area contributed by atoms with Gasteiger partial charge in [-0.05, 0) is 26.4 Å². The quantitative estimate of drug-likeness (QED) is 0.652. The molecule has 1 aliphatic heterocycles. The normalized spacial score (nSPS) is 16.7. The van der Waals surface area contributed by atoms with Gasteiger partial charge in [0.2, 0.25) is 0 Å². The first kappa shape index (κ1) is 17.7. The Morgan fingerprint density at radius 2 is 2.00 bits per heavy atom. The Morgan fingerprint density at radius 3 is 2.52 bits per heavy atom. The fourth-order valence-electron chi connectivity index (χ4n) is 2.41. The number of carboxylic acids is 1. The van der Waals surface area contributed by atoms with Crippen molar-refractivity contribution in [2.24, 2.45) is 0 Å². The van der Waals surface area contributed by atoms with Gasteiger partial charge in [0.1, 0.15) is 12.2 Å². The first-order chi connectivity index (χ1) is 9.90. The van der Waals surface area contributed by atoms with Crippen LogP contribution in [0.25, 0.3) is 0 Å². The summed E-state index contributed by atoms with van der Waals surface area (Å²) in [5.74, 6) is -0.991. The number of nitrogens with zero attached hydrogens (tertiary/aromatic N) is 2. The van der Waals surface area contributed by atoms with E-state index in [1.165, 1.54) is 0 Å². The van der Waals surface area contributed by atoms with Crippen molar-refractivity contribution in [2.45, 2.75) is 32.8 Å². The third-order valence-corrected chi connectivity index (χ3v) is 3.57. The Labute approximate surface area is 126 Å². The van der Waals surface area contributed by atoms with Gasteiger partial charge in [0.25, 0.3) is 0 Å². The molecule has 1 aliphatic rings. The summed E-state index contributed by atoms with van der Waals surface area (Å²) in [5.41, 5.74) is -0.534. The number of urea groups is 1. The highest BCUT2D eigenvalue weighted by Gasteiger charge is 2.42. The monoisotopic (exact) mass is 301 g/mol. The summed E-state index contributed by atoms with van der Waals surface area (Å²) in [6.45, 7) is 10.1. The van der Waals surface area contributed by atoms with E-state index in [9.17, 15) is 9.59 Å². The van der Waals surface area contributed by atoms with Crippen LogP contribution in [0.2, 0.25) is 0 Å². The average Bonchev–Trinajstić information content (AvgIpc) is 2.40. The zero-order chi connectivity index (χ0) is 15.9. The number of ether oxygens (including phenoxy) is 1. The van der Waals surface area contributed by atoms with E-state index < -0.39 is 11.6 Å². The van der Waals surface area contributed by atoms with E-state index in [1.807, 2.05) is 6.92 Å². The fraction of sp³-hybridized carbons (Fsp3) is 0.857. The summed E-state index contributed by atoms with van der Waals surface area (Å²) < 4.78 is 5.27. The zero-order valence-electron chi connectivity index (χ0n) is 13.2. The van der Waals surface area contributed by atoms with E-state index in [2.05, 4.69) is 24.1 Å². The minimum atomic E-state index is -0.991. The van der Waals surface area contributed by atoms with Crippen molar-refractivity contribution in [3.63, 3.8) is 0 Å². The number of likely N-dealkylation sites (N-methyl/N-ethyl adjacent to an activating group) is 1. The molecule has 7 nitrogen and oxygen atoms in total. The number of hydrogen-bond donors (Lipinski definition) is 2. The Kier molecular flexibility index (Phi) is 6.91. The number of carboxylic acid groups (broad SMARTS) is 1. The molecule has 0 aromatic rings. The minimum Gasteiger partial charge on any atom is -0.480 e. The summed E-state index contributed by atoms with van der Waals surface area (Å²) in [7, 11) is 0. The number of hydrogen-bond acceptors (Lipinski definition) is 4. The number of rotatable bonds is 9. The van der Waals surface area contributed by atoms with Crippen molar-refractivity contribution in [3.8, 4) is 0 Å². The lowest BCUT2D eigenvalue weighted by Gasteiger charge is -2.47. The van der Waals surface area contributed by atoms with E-state index in [4.69, 9.17) is 9.84 Å². The minimum absolute atomic E-state index is 0.112. The molecule has 1 heterocycles. The molecule has 1 saturated heterocycles. The van der Waals surface area contributed by atoms with Crippen molar-refractivity contribution in [1.82, 2.24) is 15.1 Å². The molecule has 122 valence electrons. The number of likely N-dealkylation sites (tertiary alicyclic amines) is 1. The molecule has 7 heteroatoms. The average molecular weight is 301 g/mol. The molecule has 21 heavy (non-hydrogen) atoms. The molecule has 1 rings (SSSR count). The highest BCUT2D eigenvalue weighted by atomic mass is 16.5. The van der Waals surface area contributed by atoms with Crippen LogP contribution in [0.4, 0.5) is 4.79 Å². The van der Waals surface area contributed by atoms with Crippen LogP contribution < -0.4 is 5.32 Å². The first-order valence-electron chi connectivity index (χ1n) is 7.51. The number of carbonyl (C=O) groups is 2. The SMILES string of the molecule is CCCN(CC)CCNC(=O)N1CC(C)(OCC(=O)O)C1. The summed E-state index contributed by atoms with van der Waals surface area (Å²) in [6.07, 6.45) is 1.10. The molecule has 0 atom stereocenters. The third kappa shape index (κ3) is 5.89. The third-order valence-electron chi connectivity index (χ3n) is 3.57. The maximum Gasteiger partial charge on any atom is 0.329 e. The van der Waals surface area contributed by atoms with Crippen molar-refractivity contribution >= 4 is 12.0 Å². The number of carbonyl (C=O) groups excluding carboxylic acids is 1. The van der Waals surface area contributed by atoms with Crippen LogP contribution in [0.1, 0.15) is 27.2 Å². The standard InChI is InChI=1S/C14H27N3O4/c1-4-7-16(5-2)8-6-15-13(20)17-10-14(3,11-17)21-9-12(18)19/h4-11H2,1-3H3,(H,15,20)(H,18,19). The van der Waals surface area contributed by atoms with Gasteiger partial charge in [0.05, 0.1) is 13.1 Å². The van der Waals surface area contributed by atoms with E-state index in [-0.39, 0.29) is 12.6 Å². The summed E-state index contributed by atoms with van der Waals surface area (Å²) in [6, 6.07) is -0.112. The molecule has 1 fully saturated rings. The summed E-state index contributed by atoms with van der Waals surface area (Å²) >= 11 is 0. The Balaban J connectivity index is 2.19. The van der Waals surface area contributed by atoms with Crippen molar-refractivity contribution in [3.05, 3.63) is 0 Å². The van der Waals surface area contributed by atoms with Gasteiger partial charge < -0.3 is 25.0 Å². The van der Waals surface area contributed by atoms with Crippen LogP contribution >= 0.6 is 0 Å². The van der Waals surface area contributed by atoms with E-state index in [0.29, 0.717) is 19.6 Å². The zero-order valence-corrected chi connectivity index (χ0v) is 13.2. The Morgan fingerprint density at radius 1 is 1.33 bits per heavy atom. The van der Waals surface area contributed by atoms with Gasteiger partial charge in [-0.1, -0.05) is 13.8 Å². The Bertz CT molecular complexity index is 356. The molecule has 2 amide bonds. The number of aliphatic carboxylic acids is 1.